The predicted molar refractivity (Wildman–Crippen MR) is 125 cm³/mol. The Hall–Kier alpha value is -3.42. The third-order valence-corrected chi connectivity index (χ3v) is 6.14. The standard InChI is InChI=1S/C24H31N7O/c1-16(2)20-8-10-31(14-20)24(32)26-12-19-6-5-18(11-17(19)3)22-7-9-25-23(29-22)28-21-13-27-30(4)15-21/h5-7,9,11,13,15-16,20H,8,10,12,14H2,1-4H3,(H,26,32)(H,25,28,29)/t20-/m1/s1. The summed E-state index contributed by atoms with van der Waals surface area (Å²) in [7, 11) is 1.86. The smallest absolute Gasteiger partial charge is 0.317 e. The molecule has 1 atom stereocenters. The van der Waals surface area contributed by atoms with Gasteiger partial charge < -0.3 is 15.5 Å². The number of likely N-dealkylation sites (tertiary alicyclic amines) is 1. The van der Waals surface area contributed by atoms with Gasteiger partial charge in [-0.2, -0.15) is 5.10 Å². The quantitative estimate of drug-likeness (QED) is 0.611. The molecule has 4 rings (SSSR count). The zero-order valence-corrected chi connectivity index (χ0v) is 19.2. The second-order valence-electron chi connectivity index (χ2n) is 8.83. The van der Waals surface area contributed by atoms with Crippen molar-refractivity contribution in [3.8, 4) is 11.3 Å². The molecule has 0 bridgehead atoms. The highest BCUT2D eigenvalue weighted by Gasteiger charge is 2.27. The number of nitrogens with one attached hydrogen (secondary N) is 2. The van der Waals surface area contributed by atoms with Gasteiger partial charge in [0.05, 0.1) is 17.6 Å². The lowest BCUT2D eigenvalue weighted by molar-refractivity contribution is 0.205. The predicted octanol–water partition coefficient (Wildman–Crippen LogP) is 4.12. The van der Waals surface area contributed by atoms with Crippen LogP contribution in [0.25, 0.3) is 11.3 Å². The van der Waals surface area contributed by atoms with Gasteiger partial charge in [-0.15, -0.1) is 0 Å². The number of benzene rings is 1. The average Bonchev–Trinajstić information content (AvgIpc) is 3.42. The molecule has 8 heteroatoms. The number of aromatic nitrogens is 4. The van der Waals surface area contributed by atoms with Crippen LogP contribution in [0, 0.1) is 18.8 Å². The number of hydrogen-bond acceptors (Lipinski definition) is 5. The third kappa shape index (κ3) is 5.07. The summed E-state index contributed by atoms with van der Waals surface area (Å²) in [5.41, 5.74) is 4.90. The molecule has 0 unspecified atom stereocenters. The first-order chi connectivity index (χ1) is 15.4. The fraction of sp³-hybridized carbons (Fsp3) is 0.417. The van der Waals surface area contributed by atoms with Crippen molar-refractivity contribution < 1.29 is 4.79 Å². The van der Waals surface area contributed by atoms with Crippen molar-refractivity contribution >= 4 is 17.7 Å². The number of anilines is 2. The Kier molecular flexibility index (Phi) is 6.39. The van der Waals surface area contributed by atoms with Gasteiger partial charge in [0, 0.05) is 44.6 Å². The van der Waals surface area contributed by atoms with Gasteiger partial charge in [0.25, 0.3) is 0 Å². The van der Waals surface area contributed by atoms with Crippen LogP contribution in [0.5, 0.6) is 0 Å². The Morgan fingerprint density at radius 2 is 2.12 bits per heavy atom. The second-order valence-corrected chi connectivity index (χ2v) is 8.83. The molecule has 0 aliphatic carbocycles. The molecule has 1 aromatic carbocycles. The van der Waals surface area contributed by atoms with Gasteiger partial charge in [-0.1, -0.05) is 26.0 Å². The maximum Gasteiger partial charge on any atom is 0.317 e. The SMILES string of the molecule is Cc1cc(-c2ccnc(Nc3cnn(C)c3)n2)ccc1CNC(=O)N1CC[C@@H](C(C)C)C1. The zero-order chi connectivity index (χ0) is 22.7. The minimum Gasteiger partial charge on any atom is -0.334 e. The first-order valence-corrected chi connectivity index (χ1v) is 11.1. The summed E-state index contributed by atoms with van der Waals surface area (Å²) in [6.07, 6.45) is 6.43. The van der Waals surface area contributed by atoms with Crippen molar-refractivity contribution in [2.75, 3.05) is 18.4 Å². The van der Waals surface area contributed by atoms with Gasteiger partial charge in [-0.3, -0.25) is 4.68 Å². The summed E-state index contributed by atoms with van der Waals surface area (Å²) in [5, 5.41) is 10.4. The van der Waals surface area contributed by atoms with Crippen molar-refractivity contribution in [2.45, 2.75) is 33.7 Å². The third-order valence-electron chi connectivity index (χ3n) is 6.14. The highest BCUT2D eigenvalue weighted by Crippen LogP contribution is 2.24. The van der Waals surface area contributed by atoms with Crippen LogP contribution in [-0.4, -0.2) is 43.8 Å². The summed E-state index contributed by atoms with van der Waals surface area (Å²) < 4.78 is 1.72. The van der Waals surface area contributed by atoms with Crippen LogP contribution >= 0.6 is 0 Å². The fourth-order valence-corrected chi connectivity index (χ4v) is 4.05. The molecule has 2 N–H and O–H groups in total. The van der Waals surface area contributed by atoms with Gasteiger partial charge in [0.15, 0.2) is 0 Å². The topological polar surface area (TPSA) is 88.0 Å². The summed E-state index contributed by atoms with van der Waals surface area (Å²) in [6, 6.07) is 8.11. The van der Waals surface area contributed by atoms with Crippen molar-refractivity contribution in [2.24, 2.45) is 18.9 Å². The van der Waals surface area contributed by atoms with Crippen LogP contribution in [0.1, 0.15) is 31.4 Å². The van der Waals surface area contributed by atoms with E-state index in [1.807, 2.05) is 30.3 Å². The molecule has 0 radical (unpaired) electrons. The highest BCUT2D eigenvalue weighted by molar-refractivity contribution is 5.74. The van der Waals surface area contributed by atoms with E-state index in [1.54, 1.807) is 17.1 Å². The lowest BCUT2D eigenvalue weighted by Crippen LogP contribution is -2.38. The van der Waals surface area contributed by atoms with E-state index in [0.29, 0.717) is 24.3 Å². The van der Waals surface area contributed by atoms with Gasteiger partial charge in [0.2, 0.25) is 5.95 Å². The molecule has 1 fully saturated rings. The molecule has 32 heavy (non-hydrogen) atoms. The van der Waals surface area contributed by atoms with Crippen molar-refractivity contribution in [1.29, 1.82) is 0 Å². The average molecular weight is 434 g/mol. The van der Waals surface area contributed by atoms with Crippen LogP contribution in [0.15, 0.2) is 42.9 Å². The lowest BCUT2D eigenvalue weighted by atomic mass is 9.95. The van der Waals surface area contributed by atoms with Crippen molar-refractivity contribution in [3.63, 3.8) is 0 Å². The van der Waals surface area contributed by atoms with E-state index in [9.17, 15) is 4.79 Å². The molecular formula is C24H31N7O. The molecule has 3 heterocycles. The molecule has 1 aliphatic rings. The van der Waals surface area contributed by atoms with E-state index < -0.39 is 0 Å². The summed E-state index contributed by atoms with van der Waals surface area (Å²) in [6.45, 7) is 8.73. The van der Waals surface area contributed by atoms with E-state index >= 15 is 0 Å². The van der Waals surface area contributed by atoms with Crippen LogP contribution in [0.3, 0.4) is 0 Å². The van der Waals surface area contributed by atoms with Crippen molar-refractivity contribution in [1.82, 2.24) is 30.0 Å². The number of hydrogen-bond donors (Lipinski definition) is 2. The van der Waals surface area contributed by atoms with Gasteiger partial charge in [-0.05, 0) is 48.4 Å². The molecule has 2 amide bonds. The van der Waals surface area contributed by atoms with E-state index in [4.69, 9.17) is 0 Å². The molecule has 2 aromatic heterocycles. The van der Waals surface area contributed by atoms with Crippen molar-refractivity contribution in [3.05, 3.63) is 54.0 Å². The Balaban J connectivity index is 1.39. The summed E-state index contributed by atoms with van der Waals surface area (Å²) in [5.74, 6) is 1.74. The van der Waals surface area contributed by atoms with Crippen LogP contribution < -0.4 is 10.6 Å². The Morgan fingerprint density at radius 1 is 1.28 bits per heavy atom. The van der Waals surface area contributed by atoms with Crippen LogP contribution in [0.4, 0.5) is 16.4 Å². The van der Waals surface area contributed by atoms with Gasteiger partial charge in [-0.25, -0.2) is 14.8 Å². The molecule has 1 saturated heterocycles. The number of aryl methyl sites for hydroxylation is 2. The molecule has 0 spiro atoms. The number of amides is 2. The van der Waals surface area contributed by atoms with Gasteiger partial charge >= 0.3 is 6.03 Å². The molecule has 168 valence electrons. The normalized spacial score (nSPS) is 15.9. The molecular weight excluding hydrogens is 402 g/mol. The summed E-state index contributed by atoms with van der Waals surface area (Å²) in [4.78, 5) is 23.4. The van der Waals surface area contributed by atoms with Gasteiger partial charge in [0.1, 0.15) is 0 Å². The molecule has 0 saturated carbocycles. The molecule has 3 aromatic rings. The number of nitrogens with zero attached hydrogens (tertiary/aromatic N) is 5. The fourth-order valence-electron chi connectivity index (χ4n) is 4.05. The lowest BCUT2D eigenvalue weighted by Gasteiger charge is -2.19. The number of rotatable bonds is 6. The zero-order valence-electron chi connectivity index (χ0n) is 19.2. The second kappa shape index (κ2) is 9.38. The van der Waals surface area contributed by atoms with Crippen LogP contribution in [-0.2, 0) is 13.6 Å². The number of urea groups is 1. The van der Waals surface area contributed by atoms with E-state index in [1.165, 1.54) is 0 Å². The maximum absolute atomic E-state index is 12.6. The number of carbonyl (C=O) groups is 1. The Bertz CT molecular complexity index is 1090. The summed E-state index contributed by atoms with van der Waals surface area (Å²) >= 11 is 0. The Morgan fingerprint density at radius 3 is 2.81 bits per heavy atom. The van der Waals surface area contributed by atoms with E-state index in [2.05, 4.69) is 58.6 Å². The first-order valence-electron chi connectivity index (χ1n) is 11.1. The monoisotopic (exact) mass is 433 g/mol. The Labute approximate surface area is 189 Å². The first kappa shape index (κ1) is 21.8. The highest BCUT2D eigenvalue weighted by atomic mass is 16.2. The minimum atomic E-state index is 0.0264. The molecule has 8 nitrogen and oxygen atoms in total. The number of carbonyl (C=O) groups excluding carboxylic acids is 1. The molecule has 1 aliphatic heterocycles. The largest absolute Gasteiger partial charge is 0.334 e. The maximum atomic E-state index is 12.6. The minimum absolute atomic E-state index is 0.0264. The van der Waals surface area contributed by atoms with E-state index in [-0.39, 0.29) is 6.03 Å². The van der Waals surface area contributed by atoms with Crippen LogP contribution in [0.2, 0.25) is 0 Å². The van der Waals surface area contributed by atoms with E-state index in [0.717, 1.165) is 47.6 Å².